The fraction of sp³-hybridized carbons (Fsp3) is 0.280. The molecule has 1 aromatic heterocycles. The molecule has 0 N–H and O–H groups in total. The lowest BCUT2D eigenvalue weighted by Gasteiger charge is -2.23. The smallest absolute Gasteiger partial charge is 0.266 e. The number of amides is 1. The number of benzene rings is 3. The Morgan fingerprint density at radius 3 is 2.84 bits per heavy atom. The van der Waals surface area contributed by atoms with E-state index in [1.165, 1.54) is 11.3 Å². The molecule has 0 saturated carbocycles. The van der Waals surface area contributed by atoms with Crippen molar-refractivity contribution < 1.29 is 19.0 Å². The summed E-state index contributed by atoms with van der Waals surface area (Å²) >= 11 is 1.47. The van der Waals surface area contributed by atoms with E-state index in [4.69, 9.17) is 19.2 Å². The van der Waals surface area contributed by atoms with Crippen molar-refractivity contribution >= 4 is 43.4 Å². The second-order valence-corrected chi connectivity index (χ2v) is 8.75. The van der Waals surface area contributed by atoms with Gasteiger partial charge in [0, 0.05) is 6.61 Å². The molecule has 4 aromatic rings. The van der Waals surface area contributed by atoms with Crippen molar-refractivity contribution in [3.63, 3.8) is 0 Å². The average molecular weight is 449 g/mol. The molecule has 1 fully saturated rings. The van der Waals surface area contributed by atoms with Crippen molar-refractivity contribution in [2.45, 2.75) is 18.9 Å². The van der Waals surface area contributed by atoms with Gasteiger partial charge in [-0.2, -0.15) is 0 Å². The van der Waals surface area contributed by atoms with Crippen molar-refractivity contribution in [1.29, 1.82) is 0 Å². The summed E-state index contributed by atoms with van der Waals surface area (Å²) in [4.78, 5) is 19.7. The largest absolute Gasteiger partial charge is 0.494 e. The molecule has 1 aliphatic heterocycles. The van der Waals surface area contributed by atoms with Gasteiger partial charge in [-0.25, -0.2) is 4.98 Å². The Balaban J connectivity index is 1.38. The number of ether oxygens (including phenoxy) is 3. The van der Waals surface area contributed by atoms with Crippen LogP contribution >= 0.6 is 11.3 Å². The van der Waals surface area contributed by atoms with Gasteiger partial charge in [-0.1, -0.05) is 47.7 Å². The zero-order valence-corrected chi connectivity index (χ0v) is 18.6. The molecule has 1 amide bonds. The SMILES string of the molecule is COc1cccc2sc(N(CC3CCCO3)C(=O)COc3ccc4ccccc4c3)nc12. The predicted molar refractivity (Wildman–Crippen MR) is 127 cm³/mol. The minimum Gasteiger partial charge on any atom is -0.494 e. The maximum Gasteiger partial charge on any atom is 0.266 e. The molecule has 32 heavy (non-hydrogen) atoms. The van der Waals surface area contributed by atoms with Crippen LogP contribution in [0.2, 0.25) is 0 Å². The van der Waals surface area contributed by atoms with E-state index >= 15 is 0 Å². The number of anilines is 1. The van der Waals surface area contributed by atoms with Crippen LogP contribution in [0.4, 0.5) is 5.13 Å². The van der Waals surface area contributed by atoms with Crippen LogP contribution in [-0.4, -0.2) is 43.9 Å². The van der Waals surface area contributed by atoms with E-state index in [0.717, 1.165) is 40.4 Å². The van der Waals surface area contributed by atoms with E-state index in [2.05, 4.69) is 6.07 Å². The summed E-state index contributed by atoms with van der Waals surface area (Å²) in [5, 5.41) is 2.84. The molecule has 0 aliphatic carbocycles. The number of hydrogen-bond donors (Lipinski definition) is 0. The van der Waals surface area contributed by atoms with Gasteiger partial charge in [0.05, 0.1) is 24.5 Å². The summed E-state index contributed by atoms with van der Waals surface area (Å²) in [5.74, 6) is 1.22. The van der Waals surface area contributed by atoms with E-state index in [9.17, 15) is 4.79 Å². The Bertz CT molecular complexity index is 1250. The van der Waals surface area contributed by atoms with Gasteiger partial charge in [-0.15, -0.1) is 0 Å². The predicted octanol–water partition coefficient (Wildman–Crippen LogP) is 5.05. The number of methoxy groups -OCH3 is 1. The lowest BCUT2D eigenvalue weighted by molar-refractivity contribution is -0.120. The van der Waals surface area contributed by atoms with Crippen molar-refractivity contribution in [2.75, 3.05) is 31.8 Å². The fourth-order valence-electron chi connectivity index (χ4n) is 3.95. The third-order valence-corrected chi connectivity index (χ3v) is 6.66. The number of hydrogen-bond acceptors (Lipinski definition) is 6. The summed E-state index contributed by atoms with van der Waals surface area (Å²) in [5.41, 5.74) is 0.760. The number of carbonyl (C=O) groups is 1. The zero-order chi connectivity index (χ0) is 21.9. The number of aromatic nitrogens is 1. The molecular weight excluding hydrogens is 424 g/mol. The van der Waals surface area contributed by atoms with Gasteiger partial charge < -0.3 is 14.2 Å². The highest BCUT2D eigenvalue weighted by molar-refractivity contribution is 7.22. The van der Waals surface area contributed by atoms with Crippen LogP contribution in [0.15, 0.2) is 60.7 Å². The summed E-state index contributed by atoms with van der Waals surface area (Å²) in [6, 6.07) is 19.7. The molecule has 6 nitrogen and oxygen atoms in total. The minimum absolute atomic E-state index is 0.00790. The number of thiazole rings is 1. The number of para-hydroxylation sites is 1. The molecule has 1 unspecified atom stereocenters. The summed E-state index contributed by atoms with van der Waals surface area (Å²) in [7, 11) is 1.63. The van der Waals surface area contributed by atoms with Crippen molar-refractivity contribution in [2.24, 2.45) is 0 Å². The second kappa shape index (κ2) is 9.14. The molecule has 164 valence electrons. The topological polar surface area (TPSA) is 60.9 Å². The van der Waals surface area contributed by atoms with Gasteiger partial charge in [0.25, 0.3) is 5.91 Å². The number of nitrogens with zero attached hydrogens (tertiary/aromatic N) is 2. The van der Waals surface area contributed by atoms with Gasteiger partial charge in [0.15, 0.2) is 11.7 Å². The molecule has 1 atom stereocenters. The maximum atomic E-state index is 13.3. The number of fused-ring (bicyclic) bond motifs is 2. The van der Waals surface area contributed by atoms with Crippen LogP contribution in [0.25, 0.3) is 21.0 Å². The maximum absolute atomic E-state index is 13.3. The van der Waals surface area contributed by atoms with E-state index in [-0.39, 0.29) is 18.6 Å². The van der Waals surface area contributed by atoms with Crippen LogP contribution in [0, 0.1) is 0 Å². The second-order valence-electron chi connectivity index (χ2n) is 7.74. The molecule has 5 rings (SSSR count). The monoisotopic (exact) mass is 448 g/mol. The molecule has 3 aromatic carbocycles. The first kappa shape index (κ1) is 20.7. The standard InChI is InChI=1S/C25H24N2O4S/c1-29-21-9-4-10-22-24(21)26-25(32-22)27(15-20-8-5-13-30-20)23(28)16-31-19-12-11-17-6-2-3-7-18(17)14-19/h2-4,6-7,9-12,14,20H,5,8,13,15-16H2,1H3. The molecule has 1 saturated heterocycles. The molecule has 0 bridgehead atoms. The van der Waals surface area contributed by atoms with Gasteiger partial charge in [-0.05, 0) is 47.9 Å². The van der Waals surface area contributed by atoms with Crippen molar-refractivity contribution in [3.8, 4) is 11.5 Å². The average Bonchev–Trinajstić information content (AvgIpc) is 3.50. The first-order valence-electron chi connectivity index (χ1n) is 10.7. The third-order valence-electron chi connectivity index (χ3n) is 5.62. The first-order valence-corrected chi connectivity index (χ1v) is 11.5. The van der Waals surface area contributed by atoms with Gasteiger partial charge >= 0.3 is 0 Å². The minimum atomic E-state index is -0.147. The van der Waals surface area contributed by atoms with E-state index < -0.39 is 0 Å². The Morgan fingerprint density at radius 1 is 1.16 bits per heavy atom. The summed E-state index contributed by atoms with van der Waals surface area (Å²) < 4.78 is 18.1. The quantitative estimate of drug-likeness (QED) is 0.396. The zero-order valence-electron chi connectivity index (χ0n) is 17.8. The lowest BCUT2D eigenvalue weighted by Crippen LogP contribution is -2.40. The Morgan fingerprint density at radius 2 is 2.03 bits per heavy atom. The summed E-state index contributed by atoms with van der Waals surface area (Å²) in [6.07, 6.45) is 1.95. The molecule has 7 heteroatoms. The molecule has 0 radical (unpaired) electrons. The van der Waals surface area contributed by atoms with E-state index in [0.29, 0.717) is 23.2 Å². The first-order chi connectivity index (χ1) is 15.7. The highest BCUT2D eigenvalue weighted by Crippen LogP contribution is 2.34. The van der Waals surface area contributed by atoms with Crippen molar-refractivity contribution in [3.05, 3.63) is 60.7 Å². The summed E-state index contributed by atoms with van der Waals surface area (Å²) in [6.45, 7) is 1.12. The van der Waals surface area contributed by atoms with E-state index in [1.807, 2.05) is 54.6 Å². The Labute approximate surface area is 190 Å². The van der Waals surface area contributed by atoms with Crippen LogP contribution < -0.4 is 14.4 Å². The van der Waals surface area contributed by atoms with E-state index in [1.54, 1.807) is 12.0 Å². The van der Waals surface area contributed by atoms with Gasteiger partial charge in [-0.3, -0.25) is 9.69 Å². The van der Waals surface area contributed by atoms with Crippen LogP contribution in [-0.2, 0) is 9.53 Å². The highest BCUT2D eigenvalue weighted by atomic mass is 32.1. The normalized spacial score (nSPS) is 15.8. The molecule has 1 aliphatic rings. The Kier molecular flexibility index (Phi) is 5.92. The fourth-order valence-corrected chi connectivity index (χ4v) is 4.96. The molecular formula is C25H24N2O4S. The third kappa shape index (κ3) is 4.26. The van der Waals surface area contributed by atoms with Crippen molar-refractivity contribution in [1.82, 2.24) is 4.98 Å². The van der Waals surface area contributed by atoms with Crippen LogP contribution in [0.5, 0.6) is 11.5 Å². The Hall–Kier alpha value is -3.16. The number of rotatable bonds is 7. The highest BCUT2D eigenvalue weighted by Gasteiger charge is 2.27. The van der Waals surface area contributed by atoms with Crippen LogP contribution in [0.3, 0.4) is 0 Å². The molecule has 0 spiro atoms. The molecule has 2 heterocycles. The van der Waals surface area contributed by atoms with Gasteiger partial charge in [0.1, 0.15) is 17.0 Å². The number of carbonyl (C=O) groups excluding carboxylic acids is 1. The van der Waals surface area contributed by atoms with Gasteiger partial charge in [0.2, 0.25) is 0 Å². The lowest BCUT2D eigenvalue weighted by atomic mass is 10.1. The van der Waals surface area contributed by atoms with Crippen LogP contribution in [0.1, 0.15) is 12.8 Å².